The monoisotopic (exact) mass is 323 g/mol. The number of benzene rings is 2. The molecule has 1 aliphatic heterocycles. The Morgan fingerprint density at radius 1 is 1.08 bits per heavy atom. The van der Waals surface area contributed by atoms with Crippen molar-refractivity contribution in [3.63, 3.8) is 0 Å². The highest BCUT2D eigenvalue weighted by Gasteiger charge is 2.12. The Hall–Kier alpha value is -2.82. The number of H-pyrrole nitrogens is 1. The van der Waals surface area contributed by atoms with Gasteiger partial charge in [-0.05, 0) is 55.3 Å². The molecule has 1 fully saturated rings. The van der Waals surface area contributed by atoms with E-state index in [1.165, 1.54) is 30.7 Å². The fraction of sp³-hybridized carbons (Fsp3) is 0.211. The lowest BCUT2D eigenvalue weighted by Gasteiger charge is -2.17. The van der Waals surface area contributed by atoms with Crippen LogP contribution >= 0.6 is 0 Å². The number of halogens is 1. The van der Waals surface area contributed by atoms with Crippen LogP contribution in [0.25, 0.3) is 10.9 Å². The van der Waals surface area contributed by atoms with E-state index in [0.717, 1.165) is 18.8 Å². The average Bonchev–Trinajstić information content (AvgIpc) is 3.21. The second-order valence-electron chi connectivity index (χ2n) is 6.05. The molecule has 1 aromatic heterocycles. The van der Waals surface area contributed by atoms with Crippen LogP contribution < -0.4 is 4.90 Å². The van der Waals surface area contributed by atoms with Crippen LogP contribution in [0.2, 0.25) is 0 Å². The number of anilines is 1. The van der Waals surface area contributed by atoms with Crippen molar-refractivity contribution in [3.05, 3.63) is 53.8 Å². The SMILES string of the molecule is Oc1[nH]c2ccc(F)cc2c1C=Nc1ccc(N2CCCC2)cc1. The van der Waals surface area contributed by atoms with E-state index < -0.39 is 0 Å². The number of aliphatic imine (C=N–C) groups is 1. The second-order valence-corrected chi connectivity index (χ2v) is 6.05. The molecule has 0 amide bonds. The number of hydrogen-bond acceptors (Lipinski definition) is 3. The van der Waals surface area contributed by atoms with Gasteiger partial charge in [0.2, 0.25) is 0 Å². The van der Waals surface area contributed by atoms with Crippen molar-refractivity contribution >= 4 is 28.5 Å². The van der Waals surface area contributed by atoms with E-state index in [9.17, 15) is 9.50 Å². The first-order valence-electron chi connectivity index (χ1n) is 8.10. The Balaban J connectivity index is 1.60. The van der Waals surface area contributed by atoms with Crippen LogP contribution in [0.3, 0.4) is 0 Å². The highest BCUT2D eigenvalue weighted by Crippen LogP contribution is 2.28. The molecule has 24 heavy (non-hydrogen) atoms. The zero-order valence-corrected chi connectivity index (χ0v) is 13.2. The molecule has 1 aliphatic rings. The standard InChI is InChI=1S/C19H18FN3O/c20-13-3-8-18-16(11-13)17(19(24)22-18)12-21-14-4-6-15(7-5-14)23-9-1-2-10-23/h3-8,11-12,22,24H,1-2,9-10H2. The molecule has 122 valence electrons. The summed E-state index contributed by atoms with van der Waals surface area (Å²) in [5, 5.41) is 10.6. The first-order chi connectivity index (χ1) is 11.7. The fourth-order valence-corrected chi connectivity index (χ4v) is 3.17. The maximum Gasteiger partial charge on any atom is 0.198 e. The van der Waals surface area contributed by atoms with Gasteiger partial charge in [-0.2, -0.15) is 0 Å². The summed E-state index contributed by atoms with van der Waals surface area (Å²) in [6, 6.07) is 12.4. The van der Waals surface area contributed by atoms with Crippen LogP contribution in [0.4, 0.5) is 15.8 Å². The van der Waals surface area contributed by atoms with Crippen LogP contribution in [0, 0.1) is 5.82 Å². The van der Waals surface area contributed by atoms with E-state index in [4.69, 9.17) is 0 Å². The van der Waals surface area contributed by atoms with Gasteiger partial charge in [0.1, 0.15) is 5.82 Å². The summed E-state index contributed by atoms with van der Waals surface area (Å²) in [4.78, 5) is 9.60. The maximum absolute atomic E-state index is 13.4. The molecule has 0 atom stereocenters. The molecule has 2 N–H and O–H groups in total. The first kappa shape index (κ1) is 14.8. The van der Waals surface area contributed by atoms with Crippen LogP contribution in [0.1, 0.15) is 18.4 Å². The fourth-order valence-electron chi connectivity index (χ4n) is 3.17. The van der Waals surface area contributed by atoms with Crippen molar-refractivity contribution in [2.75, 3.05) is 18.0 Å². The number of aromatic nitrogens is 1. The van der Waals surface area contributed by atoms with Gasteiger partial charge >= 0.3 is 0 Å². The number of aromatic hydroxyl groups is 1. The van der Waals surface area contributed by atoms with E-state index >= 15 is 0 Å². The quantitative estimate of drug-likeness (QED) is 0.704. The summed E-state index contributed by atoms with van der Waals surface area (Å²) < 4.78 is 13.4. The third-order valence-electron chi connectivity index (χ3n) is 4.44. The molecule has 0 unspecified atom stereocenters. The number of aromatic amines is 1. The number of nitrogens with zero attached hydrogens (tertiary/aromatic N) is 2. The van der Waals surface area contributed by atoms with Crippen molar-refractivity contribution < 1.29 is 9.50 Å². The van der Waals surface area contributed by atoms with Crippen molar-refractivity contribution in [1.29, 1.82) is 0 Å². The minimum atomic E-state index is -0.342. The van der Waals surface area contributed by atoms with Gasteiger partial charge in [0.25, 0.3) is 0 Å². The molecule has 1 saturated heterocycles. The van der Waals surface area contributed by atoms with Crippen molar-refractivity contribution in [3.8, 4) is 5.88 Å². The average molecular weight is 323 g/mol. The van der Waals surface area contributed by atoms with Gasteiger partial charge in [-0.3, -0.25) is 4.99 Å². The molecule has 0 bridgehead atoms. The molecule has 5 heteroatoms. The molecule has 0 spiro atoms. The highest BCUT2D eigenvalue weighted by molar-refractivity contribution is 6.02. The van der Waals surface area contributed by atoms with Gasteiger partial charge in [0.05, 0.1) is 11.3 Å². The lowest BCUT2D eigenvalue weighted by Crippen LogP contribution is -2.17. The van der Waals surface area contributed by atoms with E-state index in [0.29, 0.717) is 16.5 Å². The molecule has 0 saturated carbocycles. The predicted octanol–water partition coefficient (Wildman–Crippen LogP) is 4.36. The lowest BCUT2D eigenvalue weighted by molar-refractivity contribution is 0.457. The minimum Gasteiger partial charge on any atom is -0.494 e. The maximum atomic E-state index is 13.4. The van der Waals surface area contributed by atoms with Gasteiger partial charge in [-0.1, -0.05) is 0 Å². The minimum absolute atomic E-state index is 0.00645. The number of fused-ring (bicyclic) bond motifs is 1. The number of hydrogen-bond donors (Lipinski definition) is 2. The Morgan fingerprint density at radius 3 is 2.58 bits per heavy atom. The van der Waals surface area contributed by atoms with Gasteiger partial charge in [-0.25, -0.2) is 4.39 Å². The number of nitrogens with one attached hydrogen (secondary N) is 1. The summed E-state index contributed by atoms with van der Waals surface area (Å²) in [5.74, 6) is -0.348. The van der Waals surface area contributed by atoms with Crippen molar-refractivity contribution in [2.45, 2.75) is 12.8 Å². The Morgan fingerprint density at radius 2 is 1.83 bits per heavy atom. The molecular weight excluding hydrogens is 305 g/mol. The van der Waals surface area contributed by atoms with Gasteiger partial charge in [-0.15, -0.1) is 0 Å². The molecule has 2 aromatic carbocycles. The largest absolute Gasteiger partial charge is 0.494 e. The third kappa shape index (κ3) is 2.73. The first-order valence-corrected chi connectivity index (χ1v) is 8.10. The van der Waals surface area contributed by atoms with E-state index in [1.807, 2.05) is 12.1 Å². The van der Waals surface area contributed by atoms with Crippen LogP contribution in [-0.2, 0) is 0 Å². The smallest absolute Gasteiger partial charge is 0.198 e. The summed E-state index contributed by atoms with van der Waals surface area (Å²) in [6.45, 7) is 2.22. The predicted molar refractivity (Wildman–Crippen MR) is 95.1 cm³/mol. The summed E-state index contributed by atoms with van der Waals surface area (Å²) in [7, 11) is 0. The van der Waals surface area contributed by atoms with Gasteiger partial charge in [0.15, 0.2) is 5.88 Å². The zero-order chi connectivity index (χ0) is 16.5. The topological polar surface area (TPSA) is 51.6 Å². The summed E-state index contributed by atoms with van der Waals surface area (Å²) >= 11 is 0. The van der Waals surface area contributed by atoms with Gasteiger partial charge in [0, 0.05) is 35.9 Å². The van der Waals surface area contributed by atoms with E-state index in [-0.39, 0.29) is 11.7 Å². The zero-order valence-electron chi connectivity index (χ0n) is 13.2. The van der Waals surface area contributed by atoms with Crippen LogP contribution in [0.15, 0.2) is 47.5 Å². The van der Waals surface area contributed by atoms with Crippen LogP contribution in [0.5, 0.6) is 5.88 Å². The van der Waals surface area contributed by atoms with Crippen LogP contribution in [-0.4, -0.2) is 29.4 Å². The summed E-state index contributed by atoms with van der Waals surface area (Å²) in [6.07, 6.45) is 4.06. The molecule has 3 aromatic rings. The Bertz CT molecular complexity index is 893. The normalized spacial score (nSPS) is 15.0. The Labute approximate surface area is 139 Å². The lowest BCUT2D eigenvalue weighted by atomic mass is 10.2. The third-order valence-corrected chi connectivity index (χ3v) is 4.44. The summed E-state index contributed by atoms with van der Waals surface area (Å²) in [5.41, 5.74) is 3.18. The highest BCUT2D eigenvalue weighted by atomic mass is 19.1. The molecule has 0 aliphatic carbocycles. The van der Waals surface area contributed by atoms with E-state index in [1.54, 1.807) is 12.3 Å². The molecule has 2 heterocycles. The van der Waals surface area contributed by atoms with Crippen molar-refractivity contribution in [2.24, 2.45) is 4.99 Å². The van der Waals surface area contributed by atoms with Gasteiger partial charge < -0.3 is 15.0 Å². The molecule has 4 rings (SSSR count). The van der Waals surface area contributed by atoms with Crippen molar-refractivity contribution in [1.82, 2.24) is 4.98 Å². The van der Waals surface area contributed by atoms with E-state index in [2.05, 4.69) is 27.0 Å². The molecular formula is C19H18FN3O. The molecule has 0 radical (unpaired) electrons. The Kier molecular flexibility index (Phi) is 3.69. The number of rotatable bonds is 3. The second kappa shape index (κ2) is 6.00. The molecule has 4 nitrogen and oxygen atoms in total.